The van der Waals surface area contributed by atoms with Gasteiger partial charge in [-0.1, -0.05) is 0 Å². The van der Waals surface area contributed by atoms with Gasteiger partial charge in [-0.05, 0) is 12.8 Å². The van der Waals surface area contributed by atoms with Crippen LogP contribution in [0.3, 0.4) is 0 Å². The van der Waals surface area contributed by atoms with E-state index in [0.717, 1.165) is 12.8 Å². The molecule has 4 nitrogen and oxygen atoms in total. The van der Waals surface area contributed by atoms with E-state index in [1.807, 2.05) is 0 Å². The van der Waals surface area contributed by atoms with E-state index in [2.05, 4.69) is 0 Å². The molecule has 104 valence electrons. The van der Waals surface area contributed by atoms with E-state index in [9.17, 15) is 27.2 Å². The summed E-state index contributed by atoms with van der Waals surface area (Å²) < 4.78 is 48.6. The van der Waals surface area contributed by atoms with Gasteiger partial charge in [-0.3, -0.25) is 9.59 Å². The summed E-state index contributed by atoms with van der Waals surface area (Å²) in [5, 5.41) is 1.64. The second-order valence-corrected chi connectivity index (χ2v) is 4.02. The maximum absolute atomic E-state index is 12.5. The Kier molecular flexibility index (Phi) is 4.92. The first-order valence-corrected chi connectivity index (χ1v) is 5.57. The molecule has 1 aliphatic heterocycles. The maximum atomic E-state index is 12.5. The lowest BCUT2D eigenvalue weighted by atomic mass is 10.3. The minimum atomic E-state index is -4.71. The van der Waals surface area contributed by atoms with Gasteiger partial charge in [-0.15, -0.1) is 0 Å². The molecule has 1 rings (SSSR count). The SMILES string of the molecule is O=C(CCNC(=O)C(F)(F)C(F)F)N1CCCC1. The minimum absolute atomic E-state index is 0.162. The molecule has 1 N–H and O–H groups in total. The maximum Gasteiger partial charge on any atom is 0.383 e. The van der Waals surface area contributed by atoms with Crippen molar-refractivity contribution in [1.82, 2.24) is 10.2 Å². The molecule has 0 spiro atoms. The fourth-order valence-electron chi connectivity index (χ4n) is 1.62. The Morgan fingerprint density at radius 3 is 2.28 bits per heavy atom. The highest BCUT2D eigenvalue weighted by molar-refractivity contribution is 5.84. The Morgan fingerprint density at radius 1 is 1.22 bits per heavy atom. The Balaban J connectivity index is 2.29. The quantitative estimate of drug-likeness (QED) is 0.758. The predicted octanol–water partition coefficient (Wildman–Crippen LogP) is 1.02. The van der Waals surface area contributed by atoms with Crippen molar-refractivity contribution in [3.63, 3.8) is 0 Å². The molecule has 18 heavy (non-hydrogen) atoms. The van der Waals surface area contributed by atoms with Crippen molar-refractivity contribution in [3.05, 3.63) is 0 Å². The van der Waals surface area contributed by atoms with Crippen molar-refractivity contribution >= 4 is 11.8 Å². The molecular weight excluding hydrogens is 256 g/mol. The molecule has 8 heteroatoms. The zero-order valence-electron chi connectivity index (χ0n) is 9.60. The summed E-state index contributed by atoms with van der Waals surface area (Å²) in [5.41, 5.74) is 0. The number of amides is 2. The molecule has 0 aromatic carbocycles. The van der Waals surface area contributed by atoms with Crippen LogP contribution in [0.1, 0.15) is 19.3 Å². The first kappa shape index (κ1) is 14.7. The highest BCUT2D eigenvalue weighted by Crippen LogP contribution is 2.22. The van der Waals surface area contributed by atoms with Gasteiger partial charge in [0.2, 0.25) is 5.91 Å². The van der Waals surface area contributed by atoms with Crippen molar-refractivity contribution in [2.45, 2.75) is 31.6 Å². The number of hydrogen-bond acceptors (Lipinski definition) is 2. The summed E-state index contributed by atoms with van der Waals surface area (Å²) in [5.74, 6) is -7.03. The number of hydrogen-bond donors (Lipinski definition) is 1. The Bertz CT molecular complexity index is 317. The molecule has 1 heterocycles. The van der Waals surface area contributed by atoms with Crippen molar-refractivity contribution in [2.24, 2.45) is 0 Å². The molecule has 0 atom stereocenters. The molecule has 0 unspecified atom stereocenters. The van der Waals surface area contributed by atoms with Crippen LogP contribution in [-0.2, 0) is 9.59 Å². The number of nitrogens with one attached hydrogen (secondary N) is 1. The summed E-state index contributed by atoms with van der Waals surface area (Å²) in [6, 6.07) is 0. The van der Waals surface area contributed by atoms with Crippen LogP contribution in [0.15, 0.2) is 0 Å². The van der Waals surface area contributed by atoms with Crippen LogP contribution >= 0.6 is 0 Å². The third-order valence-electron chi connectivity index (χ3n) is 2.66. The predicted molar refractivity (Wildman–Crippen MR) is 54.4 cm³/mol. The average Bonchev–Trinajstić information content (AvgIpc) is 2.81. The first-order valence-electron chi connectivity index (χ1n) is 5.57. The number of rotatable bonds is 5. The number of alkyl halides is 4. The Morgan fingerprint density at radius 2 is 1.78 bits per heavy atom. The van der Waals surface area contributed by atoms with Crippen LogP contribution in [0.2, 0.25) is 0 Å². The molecule has 0 radical (unpaired) electrons. The van der Waals surface area contributed by atoms with Gasteiger partial charge in [0.05, 0.1) is 0 Å². The van der Waals surface area contributed by atoms with Crippen LogP contribution < -0.4 is 5.32 Å². The number of carbonyl (C=O) groups excluding carboxylic acids is 2. The van der Waals surface area contributed by atoms with Gasteiger partial charge in [-0.25, -0.2) is 8.78 Å². The van der Waals surface area contributed by atoms with Gasteiger partial charge >= 0.3 is 12.3 Å². The standard InChI is InChI=1S/C10H14F4N2O2/c11-8(12)10(13,14)9(18)15-4-3-7(17)16-5-1-2-6-16/h8H,1-6H2,(H,15,18). The number of likely N-dealkylation sites (tertiary alicyclic amines) is 1. The Labute approximate surface area is 101 Å². The second-order valence-electron chi connectivity index (χ2n) is 4.02. The highest BCUT2D eigenvalue weighted by atomic mass is 19.3. The van der Waals surface area contributed by atoms with Gasteiger partial charge in [0, 0.05) is 26.1 Å². The number of carbonyl (C=O) groups is 2. The van der Waals surface area contributed by atoms with Crippen LogP contribution in [0.4, 0.5) is 17.6 Å². The summed E-state index contributed by atoms with van der Waals surface area (Å²) in [6.45, 7) is 0.858. The van der Waals surface area contributed by atoms with Gasteiger partial charge in [-0.2, -0.15) is 8.78 Å². The van der Waals surface area contributed by atoms with Crippen LogP contribution in [0.25, 0.3) is 0 Å². The lowest BCUT2D eigenvalue weighted by Gasteiger charge is -2.17. The van der Waals surface area contributed by atoms with E-state index in [0.29, 0.717) is 13.1 Å². The number of nitrogens with zero attached hydrogens (tertiary/aromatic N) is 1. The number of halogens is 4. The van der Waals surface area contributed by atoms with Crippen LogP contribution in [0.5, 0.6) is 0 Å². The fraction of sp³-hybridized carbons (Fsp3) is 0.800. The van der Waals surface area contributed by atoms with E-state index in [-0.39, 0.29) is 18.9 Å². The van der Waals surface area contributed by atoms with Crippen molar-refractivity contribution < 1.29 is 27.2 Å². The largest absolute Gasteiger partial charge is 0.383 e. The zero-order valence-corrected chi connectivity index (χ0v) is 9.60. The second kappa shape index (κ2) is 6.01. The Hall–Kier alpha value is -1.34. The van der Waals surface area contributed by atoms with Gasteiger partial charge < -0.3 is 10.2 Å². The van der Waals surface area contributed by atoms with Gasteiger partial charge in [0.1, 0.15) is 0 Å². The summed E-state index contributed by atoms with van der Waals surface area (Å²) in [6.07, 6.45) is -2.43. The molecule has 1 aliphatic rings. The van der Waals surface area contributed by atoms with E-state index < -0.39 is 18.3 Å². The first-order chi connectivity index (χ1) is 8.35. The smallest absolute Gasteiger partial charge is 0.350 e. The van der Waals surface area contributed by atoms with E-state index in [4.69, 9.17) is 0 Å². The van der Waals surface area contributed by atoms with Gasteiger partial charge in [0.25, 0.3) is 5.91 Å². The highest BCUT2D eigenvalue weighted by Gasteiger charge is 2.48. The van der Waals surface area contributed by atoms with Crippen LogP contribution in [-0.4, -0.2) is 48.7 Å². The molecule has 0 aromatic rings. The zero-order chi connectivity index (χ0) is 13.8. The topological polar surface area (TPSA) is 49.4 Å². The van der Waals surface area contributed by atoms with E-state index >= 15 is 0 Å². The van der Waals surface area contributed by atoms with Crippen LogP contribution in [0, 0.1) is 0 Å². The van der Waals surface area contributed by atoms with E-state index in [1.165, 1.54) is 0 Å². The van der Waals surface area contributed by atoms with E-state index in [1.54, 1.807) is 10.2 Å². The summed E-state index contributed by atoms with van der Waals surface area (Å²) in [7, 11) is 0. The summed E-state index contributed by atoms with van der Waals surface area (Å²) in [4.78, 5) is 23.7. The average molecular weight is 270 g/mol. The lowest BCUT2D eigenvalue weighted by Crippen LogP contribution is -2.46. The van der Waals surface area contributed by atoms with Gasteiger partial charge in [0.15, 0.2) is 0 Å². The molecule has 0 aliphatic carbocycles. The lowest BCUT2D eigenvalue weighted by molar-refractivity contribution is -0.169. The fourth-order valence-corrected chi connectivity index (χ4v) is 1.62. The minimum Gasteiger partial charge on any atom is -0.350 e. The molecule has 0 saturated carbocycles. The third kappa shape index (κ3) is 3.58. The van der Waals surface area contributed by atoms with Crippen molar-refractivity contribution in [3.8, 4) is 0 Å². The summed E-state index contributed by atoms with van der Waals surface area (Å²) >= 11 is 0. The molecule has 0 bridgehead atoms. The normalized spacial score (nSPS) is 16.2. The third-order valence-corrected chi connectivity index (χ3v) is 2.66. The molecule has 1 saturated heterocycles. The monoisotopic (exact) mass is 270 g/mol. The molecule has 0 aromatic heterocycles. The van der Waals surface area contributed by atoms with Crippen molar-refractivity contribution in [2.75, 3.05) is 19.6 Å². The van der Waals surface area contributed by atoms with Crippen molar-refractivity contribution in [1.29, 1.82) is 0 Å². The molecular formula is C10H14F4N2O2. The molecule has 1 fully saturated rings. The molecule has 2 amide bonds.